The minimum atomic E-state index is -0.717. The van der Waals surface area contributed by atoms with Gasteiger partial charge in [0.05, 0.1) is 12.2 Å². The van der Waals surface area contributed by atoms with Crippen molar-refractivity contribution in [1.82, 2.24) is 9.80 Å². The molecule has 3 amide bonds. The zero-order chi connectivity index (χ0) is 20.8. The van der Waals surface area contributed by atoms with Crippen molar-refractivity contribution in [3.05, 3.63) is 64.6 Å². The monoisotopic (exact) mass is 457 g/mol. The van der Waals surface area contributed by atoms with Crippen LogP contribution in [0.15, 0.2) is 59.1 Å². The van der Waals surface area contributed by atoms with E-state index in [0.29, 0.717) is 18.7 Å². The van der Waals surface area contributed by atoms with Gasteiger partial charge in [0.1, 0.15) is 6.04 Å². The molecule has 152 valence electrons. The fourth-order valence-electron chi connectivity index (χ4n) is 3.45. The molecule has 1 unspecified atom stereocenters. The van der Waals surface area contributed by atoms with E-state index < -0.39 is 6.04 Å². The predicted molar refractivity (Wildman–Crippen MR) is 115 cm³/mol. The van der Waals surface area contributed by atoms with Gasteiger partial charge in [-0.3, -0.25) is 14.4 Å². The first kappa shape index (κ1) is 21.0. The molecule has 2 aromatic rings. The highest BCUT2D eigenvalue weighted by Gasteiger charge is 2.34. The fourth-order valence-corrected chi connectivity index (χ4v) is 3.83. The number of benzene rings is 2. The van der Waals surface area contributed by atoms with Crippen molar-refractivity contribution in [2.75, 3.05) is 25.5 Å². The van der Waals surface area contributed by atoms with Crippen LogP contribution in [0, 0.1) is 0 Å². The van der Waals surface area contributed by atoms with Crippen LogP contribution in [-0.2, 0) is 14.4 Å². The summed E-state index contributed by atoms with van der Waals surface area (Å²) < 4.78 is 0.767. The number of anilines is 1. The molecule has 1 atom stereocenters. The minimum Gasteiger partial charge on any atom is -0.334 e. The highest BCUT2D eigenvalue weighted by Crippen LogP contribution is 2.27. The average Bonchev–Trinajstić information content (AvgIpc) is 2.72. The van der Waals surface area contributed by atoms with E-state index in [4.69, 9.17) is 0 Å². The van der Waals surface area contributed by atoms with Crippen LogP contribution in [0.5, 0.6) is 0 Å². The maximum atomic E-state index is 13.3. The maximum absolute atomic E-state index is 13.3. The Balaban J connectivity index is 1.75. The van der Waals surface area contributed by atoms with Crippen molar-refractivity contribution in [2.45, 2.75) is 25.3 Å². The molecule has 1 aliphatic heterocycles. The lowest BCUT2D eigenvalue weighted by molar-refractivity contribution is -0.147. The first-order valence-electron chi connectivity index (χ1n) is 9.61. The Morgan fingerprint density at radius 2 is 1.79 bits per heavy atom. The van der Waals surface area contributed by atoms with Gasteiger partial charge in [-0.05, 0) is 46.5 Å². The van der Waals surface area contributed by atoms with Gasteiger partial charge in [-0.15, -0.1) is 0 Å². The first-order chi connectivity index (χ1) is 14.0. The normalized spacial score (nSPS) is 15.0. The number of carbonyl (C=O) groups excluding carboxylic acids is 3. The highest BCUT2D eigenvalue weighted by atomic mass is 79.9. The summed E-state index contributed by atoms with van der Waals surface area (Å²) in [6.07, 6.45) is 2.16. The lowest BCUT2D eigenvalue weighted by Crippen LogP contribution is -2.47. The van der Waals surface area contributed by atoms with Crippen LogP contribution in [0.3, 0.4) is 0 Å². The third-order valence-corrected chi connectivity index (χ3v) is 5.62. The summed E-state index contributed by atoms with van der Waals surface area (Å²) in [4.78, 5) is 41.3. The fraction of sp³-hybridized carbons (Fsp3) is 0.318. The third kappa shape index (κ3) is 5.23. The Labute approximate surface area is 179 Å². The standard InChI is InChI=1S/C22H24BrN3O3/c1-25(15-19(27)24-18-12-6-5-11-17(18)23)22(29)21(16-9-3-2-4-10-16)26-14-8-7-13-20(26)28/h2-6,9-12,21H,7-8,13-15H2,1H3,(H,24,27). The molecule has 7 heteroatoms. The topological polar surface area (TPSA) is 69.7 Å². The number of para-hydroxylation sites is 1. The lowest BCUT2D eigenvalue weighted by atomic mass is 10.00. The molecule has 1 heterocycles. The molecule has 1 N–H and O–H groups in total. The van der Waals surface area contributed by atoms with E-state index in [1.54, 1.807) is 18.0 Å². The predicted octanol–water partition coefficient (Wildman–Crippen LogP) is 3.60. The summed E-state index contributed by atoms with van der Waals surface area (Å²) in [6.45, 7) is 0.437. The van der Waals surface area contributed by atoms with E-state index in [2.05, 4.69) is 21.2 Å². The molecule has 2 aromatic carbocycles. The van der Waals surface area contributed by atoms with Crippen LogP contribution in [0.2, 0.25) is 0 Å². The number of hydrogen-bond donors (Lipinski definition) is 1. The molecule has 0 spiro atoms. The number of piperidine rings is 1. The van der Waals surface area contributed by atoms with Crippen molar-refractivity contribution in [3.63, 3.8) is 0 Å². The van der Waals surface area contributed by atoms with Gasteiger partial charge >= 0.3 is 0 Å². The Hall–Kier alpha value is -2.67. The number of hydrogen-bond acceptors (Lipinski definition) is 3. The molecule has 0 radical (unpaired) electrons. The van der Waals surface area contributed by atoms with Gasteiger partial charge in [-0.25, -0.2) is 0 Å². The van der Waals surface area contributed by atoms with Crippen LogP contribution < -0.4 is 5.32 Å². The van der Waals surface area contributed by atoms with Crippen molar-refractivity contribution >= 4 is 39.3 Å². The molecule has 1 saturated heterocycles. The zero-order valence-electron chi connectivity index (χ0n) is 16.3. The van der Waals surface area contributed by atoms with Gasteiger partial charge in [-0.1, -0.05) is 42.5 Å². The van der Waals surface area contributed by atoms with Crippen molar-refractivity contribution in [1.29, 1.82) is 0 Å². The van der Waals surface area contributed by atoms with Crippen molar-refractivity contribution in [3.8, 4) is 0 Å². The van der Waals surface area contributed by atoms with Gasteiger partial charge in [0.2, 0.25) is 17.7 Å². The third-order valence-electron chi connectivity index (χ3n) is 4.93. The van der Waals surface area contributed by atoms with Crippen LogP contribution in [0.4, 0.5) is 5.69 Å². The van der Waals surface area contributed by atoms with E-state index in [0.717, 1.165) is 22.9 Å². The van der Waals surface area contributed by atoms with Crippen LogP contribution >= 0.6 is 15.9 Å². The van der Waals surface area contributed by atoms with Crippen molar-refractivity contribution in [2.24, 2.45) is 0 Å². The van der Waals surface area contributed by atoms with Crippen LogP contribution in [0.1, 0.15) is 30.9 Å². The minimum absolute atomic E-state index is 0.0236. The smallest absolute Gasteiger partial charge is 0.250 e. The number of carbonyl (C=O) groups is 3. The van der Waals surface area contributed by atoms with Gasteiger partial charge < -0.3 is 15.1 Å². The van der Waals surface area contributed by atoms with Crippen molar-refractivity contribution < 1.29 is 14.4 Å². The summed E-state index contributed by atoms with van der Waals surface area (Å²) in [5.74, 6) is -0.595. The van der Waals surface area contributed by atoms with E-state index in [9.17, 15) is 14.4 Å². The Morgan fingerprint density at radius 3 is 2.48 bits per heavy atom. The second kappa shape index (κ2) is 9.69. The molecule has 0 aromatic heterocycles. The molecule has 1 aliphatic rings. The number of halogens is 1. The first-order valence-corrected chi connectivity index (χ1v) is 10.4. The van der Waals surface area contributed by atoms with Crippen LogP contribution in [0.25, 0.3) is 0 Å². The second-order valence-corrected chi connectivity index (χ2v) is 7.93. The summed E-state index contributed by atoms with van der Waals surface area (Å²) in [7, 11) is 1.59. The Morgan fingerprint density at radius 1 is 1.10 bits per heavy atom. The number of rotatable bonds is 6. The molecule has 0 saturated carbocycles. The maximum Gasteiger partial charge on any atom is 0.250 e. The van der Waals surface area contributed by atoms with Gasteiger partial charge in [-0.2, -0.15) is 0 Å². The molecule has 0 bridgehead atoms. The van der Waals surface area contributed by atoms with E-state index in [1.807, 2.05) is 48.5 Å². The lowest BCUT2D eigenvalue weighted by Gasteiger charge is -2.36. The molecular weight excluding hydrogens is 434 g/mol. The van der Waals surface area contributed by atoms with E-state index >= 15 is 0 Å². The molecular formula is C22H24BrN3O3. The van der Waals surface area contributed by atoms with Gasteiger partial charge in [0.15, 0.2) is 0 Å². The molecule has 6 nitrogen and oxygen atoms in total. The summed E-state index contributed by atoms with van der Waals surface area (Å²) in [5, 5.41) is 2.80. The Bertz CT molecular complexity index is 888. The number of likely N-dealkylation sites (N-methyl/N-ethyl adjacent to an activating group) is 1. The number of nitrogens with one attached hydrogen (secondary N) is 1. The molecule has 1 fully saturated rings. The summed E-state index contributed by atoms with van der Waals surface area (Å²) in [5.41, 5.74) is 1.40. The van der Waals surface area contributed by atoms with E-state index in [-0.39, 0.29) is 24.3 Å². The molecule has 3 rings (SSSR count). The quantitative estimate of drug-likeness (QED) is 0.720. The van der Waals surface area contributed by atoms with Gasteiger partial charge in [0, 0.05) is 24.5 Å². The largest absolute Gasteiger partial charge is 0.334 e. The van der Waals surface area contributed by atoms with Gasteiger partial charge in [0.25, 0.3) is 0 Å². The second-order valence-electron chi connectivity index (χ2n) is 7.08. The summed E-state index contributed by atoms with van der Waals surface area (Å²) >= 11 is 3.39. The van der Waals surface area contributed by atoms with Crippen LogP contribution in [-0.4, -0.2) is 47.7 Å². The molecule has 0 aliphatic carbocycles. The number of likely N-dealkylation sites (tertiary alicyclic amines) is 1. The number of amides is 3. The zero-order valence-corrected chi connectivity index (χ0v) is 17.9. The SMILES string of the molecule is CN(CC(=O)Nc1ccccc1Br)C(=O)C(c1ccccc1)N1CCCCC1=O. The van der Waals surface area contributed by atoms with E-state index in [1.165, 1.54) is 4.90 Å². The number of nitrogens with zero attached hydrogens (tertiary/aromatic N) is 2. The Kier molecular flexibility index (Phi) is 7.04. The average molecular weight is 458 g/mol. The summed E-state index contributed by atoms with van der Waals surface area (Å²) in [6, 6.07) is 15.8. The molecule has 29 heavy (non-hydrogen) atoms. The highest BCUT2D eigenvalue weighted by molar-refractivity contribution is 9.10.